The Morgan fingerprint density at radius 3 is 2.57 bits per heavy atom. The van der Waals surface area contributed by atoms with Crippen LogP contribution in [0, 0.1) is 0 Å². The molecular weight excluding hydrogens is 284 g/mol. The molecule has 5 heteroatoms. The third kappa shape index (κ3) is 8.65. The minimum Gasteiger partial charge on any atom is -0.870 e. The second-order valence-electron chi connectivity index (χ2n) is 5.96. The number of quaternary nitrogens is 1. The van der Waals surface area contributed by atoms with Crippen LogP contribution in [0.25, 0.3) is 0 Å². The van der Waals surface area contributed by atoms with Crippen molar-refractivity contribution in [3.63, 3.8) is 0 Å². The van der Waals surface area contributed by atoms with Crippen molar-refractivity contribution in [3.8, 4) is 0 Å². The molecular formula is C16H28N2O2S. The van der Waals surface area contributed by atoms with Crippen LogP contribution in [0.2, 0.25) is 0 Å². The first kappa shape index (κ1) is 19.8. The maximum absolute atomic E-state index is 11.4. The number of carbonyl (C=O) groups is 1. The Kier molecular flexibility index (Phi) is 9.17. The standard InChI is InChI=1S/C16H26N2OS.H2O/c1-14(2)16(19)17-10-7-12-18(3,4)11-5-8-15-9-6-13-20-15;/h6,9,13H,1,5,7-8,10-12H2,2-4H3;1H2. The Morgan fingerprint density at radius 2 is 2.00 bits per heavy atom. The summed E-state index contributed by atoms with van der Waals surface area (Å²) < 4.78 is 1.01. The van der Waals surface area contributed by atoms with E-state index in [1.54, 1.807) is 6.92 Å². The van der Waals surface area contributed by atoms with E-state index in [9.17, 15) is 4.79 Å². The van der Waals surface area contributed by atoms with Gasteiger partial charge in [0.25, 0.3) is 0 Å². The first-order valence-corrected chi connectivity index (χ1v) is 8.07. The molecule has 0 saturated carbocycles. The van der Waals surface area contributed by atoms with E-state index >= 15 is 0 Å². The molecule has 1 aromatic rings. The molecule has 1 rings (SSSR count). The number of amides is 1. The zero-order valence-electron chi connectivity index (χ0n) is 13.4. The molecule has 0 saturated heterocycles. The Labute approximate surface area is 132 Å². The second-order valence-corrected chi connectivity index (χ2v) is 6.99. The third-order valence-electron chi connectivity index (χ3n) is 3.38. The van der Waals surface area contributed by atoms with Crippen molar-refractivity contribution in [2.24, 2.45) is 0 Å². The molecule has 2 N–H and O–H groups in total. The highest BCUT2D eigenvalue weighted by Gasteiger charge is 2.14. The van der Waals surface area contributed by atoms with Gasteiger partial charge in [0.2, 0.25) is 5.91 Å². The van der Waals surface area contributed by atoms with Gasteiger partial charge in [-0.1, -0.05) is 12.6 Å². The number of aryl methyl sites for hydroxylation is 1. The summed E-state index contributed by atoms with van der Waals surface area (Å²) in [4.78, 5) is 12.8. The number of nitrogens with one attached hydrogen (secondary N) is 1. The molecule has 0 aliphatic rings. The summed E-state index contributed by atoms with van der Waals surface area (Å²) in [6.07, 6.45) is 3.39. The van der Waals surface area contributed by atoms with Crippen LogP contribution in [0.5, 0.6) is 0 Å². The first-order valence-electron chi connectivity index (χ1n) is 7.19. The van der Waals surface area contributed by atoms with Gasteiger partial charge in [-0.2, -0.15) is 0 Å². The summed E-state index contributed by atoms with van der Waals surface area (Å²) in [6, 6.07) is 4.32. The summed E-state index contributed by atoms with van der Waals surface area (Å²) >= 11 is 1.84. The predicted octanol–water partition coefficient (Wildman–Crippen LogP) is 2.66. The SMILES string of the molecule is C=C(C)C(=O)NCCC[N+](C)(C)CCCc1cccs1.[OH-]. The summed E-state index contributed by atoms with van der Waals surface area (Å²) in [5.41, 5.74) is 0.578. The second kappa shape index (κ2) is 9.71. The molecule has 0 fully saturated rings. The monoisotopic (exact) mass is 312 g/mol. The fourth-order valence-electron chi connectivity index (χ4n) is 2.11. The zero-order chi connectivity index (χ0) is 15.0. The molecule has 120 valence electrons. The normalized spacial score (nSPS) is 10.8. The lowest BCUT2D eigenvalue weighted by molar-refractivity contribution is -0.890. The molecule has 0 atom stereocenters. The van der Waals surface area contributed by atoms with Crippen molar-refractivity contribution in [2.45, 2.75) is 26.2 Å². The van der Waals surface area contributed by atoms with Crippen molar-refractivity contribution >= 4 is 17.2 Å². The van der Waals surface area contributed by atoms with E-state index in [1.807, 2.05) is 11.3 Å². The van der Waals surface area contributed by atoms with Crippen LogP contribution in [0.4, 0.5) is 0 Å². The predicted molar refractivity (Wildman–Crippen MR) is 88.9 cm³/mol. The van der Waals surface area contributed by atoms with Crippen LogP contribution < -0.4 is 5.32 Å². The fraction of sp³-hybridized carbons (Fsp3) is 0.562. The molecule has 4 nitrogen and oxygen atoms in total. The maximum Gasteiger partial charge on any atom is 0.246 e. The average Bonchev–Trinajstić information content (AvgIpc) is 2.87. The minimum atomic E-state index is -0.0343. The zero-order valence-corrected chi connectivity index (χ0v) is 14.2. The van der Waals surface area contributed by atoms with E-state index in [4.69, 9.17) is 0 Å². The molecule has 0 aromatic carbocycles. The summed E-state index contributed by atoms with van der Waals surface area (Å²) in [6.45, 7) is 8.36. The molecule has 1 aromatic heterocycles. The van der Waals surface area contributed by atoms with Gasteiger partial charge in [0.05, 0.1) is 27.2 Å². The number of rotatable bonds is 9. The lowest BCUT2D eigenvalue weighted by Gasteiger charge is -2.29. The van der Waals surface area contributed by atoms with Gasteiger partial charge < -0.3 is 15.3 Å². The Bertz CT molecular complexity index is 427. The molecule has 0 unspecified atom stereocenters. The summed E-state index contributed by atoms with van der Waals surface area (Å²) in [7, 11) is 4.52. The van der Waals surface area contributed by atoms with Crippen LogP contribution >= 0.6 is 11.3 Å². The van der Waals surface area contributed by atoms with Gasteiger partial charge in [0.15, 0.2) is 0 Å². The van der Waals surface area contributed by atoms with Crippen molar-refractivity contribution < 1.29 is 14.8 Å². The first-order chi connectivity index (χ1) is 9.41. The van der Waals surface area contributed by atoms with Gasteiger partial charge in [0.1, 0.15) is 0 Å². The quantitative estimate of drug-likeness (QED) is 0.433. The largest absolute Gasteiger partial charge is 0.870 e. The number of hydrogen-bond acceptors (Lipinski definition) is 3. The van der Waals surface area contributed by atoms with Crippen molar-refractivity contribution in [1.29, 1.82) is 0 Å². The molecule has 0 bridgehead atoms. The van der Waals surface area contributed by atoms with Crippen molar-refractivity contribution in [3.05, 3.63) is 34.5 Å². The number of hydrogen-bond donors (Lipinski definition) is 1. The van der Waals surface area contributed by atoms with Gasteiger partial charge >= 0.3 is 0 Å². The van der Waals surface area contributed by atoms with Crippen LogP contribution in [0.3, 0.4) is 0 Å². The van der Waals surface area contributed by atoms with Crippen LogP contribution in [-0.4, -0.2) is 49.6 Å². The topological polar surface area (TPSA) is 59.1 Å². The van der Waals surface area contributed by atoms with Gasteiger partial charge in [-0.3, -0.25) is 4.79 Å². The van der Waals surface area contributed by atoms with Crippen LogP contribution in [-0.2, 0) is 11.2 Å². The Morgan fingerprint density at radius 1 is 1.33 bits per heavy atom. The molecule has 0 aliphatic carbocycles. The lowest BCUT2D eigenvalue weighted by Crippen LogP contribution is -2.42. The van der Waals surface area contributed by atoms with Crippen molar-refractivity contribution in [1.82, 2.24) is 5.32 Å². The summed E-state index contributed by atoms with van der Waals surface area (Å²) in [5, 5.41) is 5.02. The molecule has 21 heavy (non-hydrogen) atoms. The molecule has 0 radical (unpaired) electrons. The Hall–Kier alpha value is -1.17. The van der Waals surface area contributed by atoms with Crippen molar-refractivity contribution in [2.75, 3.05) is 33.7 Å². The van der Waals surface area contributed by atoms with E-state index in [-0.39, 0.29) is 11.4 Å². The molecule has 1 amide bonds. The molecule has 0 aliphatic heterocycles. The van der Waals surface area contributed by atoms with Gasteiger partial charge in [-0.05, 0) is 24.8 Å². The molecule has 0 spiro atoms. The van der Waals surface area contributed by atoms with E-state index < -0.39 is 0 Å². The lowest BCUT2D eigenvalue weighted by atomic mass is 10.2. The minimum absolute atomic E-state index is 0. The van der Waals surface area contributed by atoms with Crippen LogP contribution in [0.1, 0.15) is 24.6 Å². The van der Waals surface area contributed by atoms with Gasteiger partial charge in [0, 0.05) is 29.8 Å². The fourth-order valence-corrected chi connectivity index (χ4v) is 2.86. The van der Waals surface area contributed by atoms with E-state index in [1.165, 1.54) is 24.3 Å². The number of nitrogens with zero attached hydrogens (tertiary/aromatic N) is 1. The van der Waals surface area contributed by atoms with Gasteiger partial charge in [-0.25, -0.2) is 0 Å². The van der Waals surface area contributed by atoms with E-state index in [0.29, 0.717) is 5.57 Å². The number of thiophene rings is 1. The maximum atomic E-state index is 11.4. The third-order valence-corrected chi connectivity index (χ3v) is 4.32. The number of carbonyl (C=O) groups excluding carboxylic acids is 1. The highest BCUT2D eigenvalue weighted by molar-refractivity contribution is 7.09. The smallest absolute Gasteiger partial charge is 0.246 e. The van der Waals surface area contributed by atoms with Gasteiger partial charge in [-0.15, -0.1) is 11.3 Å². The Balaban J connectivity index is 0.00000400. The molecule has 1 heterocycles. The summed E-state index contributed by atoms with van der Waals surface area (Å²) in [5.74, 6) is -0.0343. The highest BCUT2D eigenvalue weighted by Crippen LogP contribution is 2.12. The average molecular weight is 312 g/mol. The van der Waals surface area contributed by atoms with E-state index in [2.05, 4.69) is 43.5 Å². The van der Waals surface area contributed by atoms with E-state index in [0.717, 1.165) is 24.0 Å². The van der Waals surface area contributed by atoms with Crippen LogP contribution in [0.15, 0.2) is 29.7 Å². The highest BCUT2D eigenvalue weighted by atomic mass is 32.1.